The first kappa shape index (κ1) is 21.2. The molecule has 0 bridgehead atoms. The number of ketones is 1. The van der Waals surface area contributed by atoms with Crippen LogP contribution in [0.2, 0.25) is 0 Å². The Kier molecular flexibility index (Phi) is 5.96. The van der Waals surface area contributed by atoms with E-state index in [2.05, 4.69) is 0 Å². The van der Waals surface area contributed by atoms with Crippen molar-refractivity contribution in [2.24, 2.45) is 0 Å². The zero-order valence-electron chi connectivity index (χ0n) is 14.3. The predicted octanol–water partition coefficient (Wildman–Crippen LogP) is 5.34. The molecule has 9 heteroatoms. The Labute approximate surface area is 155 Å². The second-order valence-corrected chi connectivity index (χ2v) is 5.73. The van der Waals surface area contributed by atoms with Crippen LogP contribution in [0.4, 0.5) is 32.0 Å². The Morgan fingerprint density at radius 1 is 0.893 bits per heavy atom. The van der Waals surface area contributed by atoms with Crippen LogP contribution in [-0.2, 0) is 21.9 Å². The van der Waals surface area contributed by atoms with Gasteiger partial charge in [0.1, 0.15) is 0 Å². The molecule has 28 heavy (non-hydrogen) atoms. The Morgan fingerprint density at radius 2 is 1.54 bits per heavy atom. The molecule has 0 heterocycles. The average Bonchev–Trinajstić information content (AvgIpc) is 2.58. The lowest BCUT2D eigenvalue weighted by atomic mass is 10.0. The van der Waals surface area contributed by atoms with Crippen molar-refractivity contribution >= 4 is 23.5 Å². The van der Waals surface area contributed by atoms with Crippen molar-refractivity contribution in [3.63, 3.8) is 0 Å². The van der Waals surface area contributed by atoms with E-state index in [0.29, 0.717) is 0 Å². The van der Waals surface area contributed by atoms with Gasteiger partial charge in [-0.1, -0.05) is 24.3 Å². The molecule has 0 radical (unpaired) electrons. The maximum absolute atomic E-state index is 13.0. The first-order valence-electron chi connectivity index (χ1n) is 7.77. The summed E-state index contributed by atoms with van der Waals surface area (Å²) >= 11 is 0. The second kappa shape index (κ2) is 7.87. The van der Waals surface area contributed by atoms with Gasteiger partial charge in [-0.2, -0.15) is 26.3 Å². The molecule has 0 atom stereocenters. The van der Waals surface area contributed by atoms with E-state index < -0.39 is 46.4 Å². The highest BCUT2D eigenvalue weighted by Gasteiger charge is 2.34. The van der Waals surface area contributed by atoms with Gasteiger partial charge in [-0.25, -0.2) is 0 Å². The lowest BCUT2D eigenvalue weighted by molar-refractivity contribution is -0.138. The molecule has 0 aromatic heterocycles. The summed E-state index contributed by atoms with van der Waals surface area (Å²) in [7, 11) is 0. The highest BCUT2D eigenvalue weighted by atomic mass is 19.4. The number of amides is 1. The quantitative estimate of drug-likeness (QED) is 0.326. The smallest absolute Gasteiger partial charge is 0.321 e. The highest BCUT2D eigenvalue weighted by molar-refractivity contribution is 6.25. The predicted molar refractivity (Wildman–Crippen MR) is 90.2 cm³/mol. The van der Waals surface area contributed by atoms with Crippen LogP contribution in [0.25, 0.3) is 6.08 Å². The molecule has 1 amide bonds. The topological polar surface area (TPSA) is 46.2 Å². The van der Waals surface area contributed by atoms with Gasteiger partial charge in [-0.3, -0.25) is 9.59 Å². The molecule has 2 aromatic rings. The highest BCUT2D eigenvalue weighted by Crippen LogP contribution is 2.35. The van der Waals surface area contributed by atoms with Crippen LogP contribution in [0.1, 0.15) is 23.6 Å². The van der Waals surface area contributed by atoms with Gasteiger partial charge in [0.25, 0.3) is 5.91 Å². The van der Waals surface area contributed by atoms with Gasteiger partial charge in [0, 0.05) is 0 Å². The summed E-state index contributed by atoms with van der Waals surface area (Å²) in [5.74, 6) is -1.99. The zero-order chi connectivity index (χ0) is 21.1. The summed E-state index contributed by atoms with van der Waals surface area (Å²) < 4.78 is 77.4. The zero-order valence-corrected chi connectivity index (χ0v) is 14.3. The number of alkyl halides is 6. The third-order valence-electron chi connectivity index (χ3n) is 3.63. The fourth-order valence-corrected chi connectivity index (χ4v) is 2.33. The minimum absolute atomic E-state index is 0.0979. The van der Waals surface area contributed by atoms with Crippen LogP contribution >= 0.6 is 0 Å². The second-order valence-electron chi connectivity index (χ2n) is 5.73. The number of anilines is 1. The fourth-order valence-electron chi connectivity index (χ4n) is 2.33. The van der Waals surface area contributed by atoms with Crippen LogP contribution in [0.15, 0.2) is 54.1 Å². The summed E-state index contributed by atoms with van der Waals surface area (Å²) in [5.41, 5.74) is -3.37. The average molecular weight is 401 g/mol. The van der Waals surface area contributed by atoms with Gasteiger partial charge < -0.3 is 5.32 Å². The molecule has 0 aliphatic heterocycles. The van der Waals surface area contributed by atoms with Crippen LogP contribution in [0.5, 0.6) is 0 Å². The first-order chi connectivity index (χ1) is 12.9. The molecule has 0 saturated carbocycles. The van der Waals surface area contributed by atoms with Gasteiger partial charge in [-0.15, -0.1) is 0 Å². The number of para-hydroxylation sites is 1. The third kappa shape index (κ3) is 5.21. The Morgan fingerprint density at radius 3 is 2.11 bits per heavy atom. The van der Waals surface area contributed by atoms with Crippen LogP contribution in [-0.4, -0.2) is 11.7 Å². The summed E-state index contributed by atoms with van der Waals surface area (Å²) in [6.45, 7) is 0.981. The maximum atomic E-state index is 13.0. The minimum Gasteiger partial charge on any atom is -0.321 e. The van der Waals surface area contributed by atoms with Gasteiger partial charge in [-0.05, 0) is 42.8 Å². The molecule has 0 saturated heterocycles. The van der Waals surface area contributed by atoms with E-state index in [4.69, 9.17) is 0 Å². The number of hydrogen-bond acceptors (Lipinski definition) is 2. The van der Waals surface area contributed by atoms with Crippen LogP contribution < -0.4 is 5.32 Å². The van der Waals surface area contributed by atoms with Crippen LogP contribution in [0.3, 0.4) is 0 Å². The minimum atomic E-state index is -4.75. The molecule has 0 fully saturated rings. The Hall–Kier alpha value is -3.10. The molecular formula is C19H13F6NO2. The number of benzene rings is 2. The SMILES string of the molecule is CC(=O)/C(=C\c1cccc(C(F)(F)F)c1)C(=O)Nc1ccccc1C(F)(F)F. The van der Waals surface area contributed by atoms with Gasteiger partial charge in [0.15, 0.2) is 5.78 Å². The van der Waals surface area contributed by atoms with Crippen molar-refractivity contribution in [1.29, 1.82) is 0 Å². The molecule has 0 aliphatic rings. The molecule has 2 rings (SSSR count). The van der Waals surface area contributed by atoms with E-state index in [1.165, 1.54) is 12.1 Å². The van der Waals surface area contributed by atoms with Crippen molar-refractivity contribution in [2.45, 2.75) is 19.3 Å². The summed E-state index contributed by atoms with van der Waals surface area (Å²) in [6.07, 6.45) is -8.48. The van der Waals surface area contributed by atoms with E-state index in [-0.39, 0.29) is 5.56 Å². The Bertz CT molecular complexity index is 929. The van der Waals surface area contributed by atoms with Crippen molar-refractivity contribution < 1.29 is 35.9 Å². The molecule has 148 valence electrons. The number of rotatable bonds is 4. The number of nitrogens with one attached hydrogen (secondary N) is 1. The summed E-state index contributed by atoms with van der Waals surface area (Å²) in [4.78, 5) is 24.1. The summed E-state index contributed by atoms with van der Waals surface area (Å²) in [6, 6.07) is 7.99. The van der Waals surface area contributed by atoms with Gasteiger partial charge in [0.05, 0.1) is 22.4 Å². The lowest BCUT2D eigenvalue weighted by Gasteiger charge is -2.14. The van der Waals surface area contributed by atoms with Crippen molar-refractivity contribution in [1.82, 2.24) is 0 Å². The van der Waals surface area contributed by atoms with Crippen molar-refractivity contribution in [3.8, 4) is 0 Å². The number of halogens is 6. The normalized spacial score (nSPS) is 12.6. The number of Topliss-reactive ketones (excluding diaryl/α,β-unsaturated/α-hetero) is 1. The van der Waals surface area contributed by atoms with E-state index in [9.17, 15) is 35.9 Å². The Balaban J connectivity index is 2.40. The molecule has 0 spiro atoms. The fraction of sp³-hybridized carbons (Fsp3) is 0.158. The molecule has 0 aliphatic carbocycles. The lowest BCUT2D eigenvalue weighted by Crippen LogP contribution is -2.21. The maximum Gasteiger partial charge on any atom is 0.418 e. The van der Waals surface area contributed by atoms with E-state index in [1.54, 1.807) is 0 Å². The molecular weight excluding hydrogens is 388 g/mol. The van der Waals surface area contributed by atoms with Crippen molar-refractivity contribution in [3.05, 3.63) is 70.8 Å². The van der Waals surface area contributed by atoms with Crippen LogP contribution in [0, 0.1) is 0 Å². The van der Waals surface area contributed by atoms with Gasteiger partial charge in [0.2, 0.25) is 0 Å². The van der Waals surface area contributed by atoms with E-state index in [0.717, 1.165) is 49.4 Å². The van der Waals surface area contributed by atoms with Crippen molar-refractivity contribution in [2.75, 3.05) is 5.32 Å². The summed E-state index contributed by atoms with van der Waals surface area (Å²) in [5, 5.41) is 1.99. The van der Waals surface area contributed by atoms with E-state index in [1.807, 2.05) is 5.32 Å². The molecule has 3 nitrogen and oxygen atoms in total. The molecule has 0 unspecified atom stereocenters. The monoisotopic (exact) mass is 401 g/mol. The largest absolute Gasteiger partial charge is 0.418 e. The number of carbonyl (C=O) groups is 2. The number of hydrogen-bond donors (Lipinski definition) is 1. The molecule has 1 N–H and O–H groups in total. The number of carbonyl (C=O) groups excluding carboxylic acids is 2. The molecule has 2 aromatic carbocycles. The standard InChI is InChI=1S/C19H13F6NO2/c1-11(27)14(10-12-5-4-6-13(9-12)18(20,21)22)17(28)26-16-8-3-2-7-15(16)19(23,24)25/h2-10H,1H3,(H,26,28)/b14-10+. The first-order valence-corrected chi connectivity index (χ1v) is 7.77. The van der Waals surface area contributed by atoms with Gasteiger partial charge >= 0.3 is 12.4 Å². The third-order valence-corrected chi connectivity index (χ3v) is 3.63. The van der Waals surface area contributed by atoms with E-state index >= 15 is 0 Å².